The summed E-state index contributed by atoms with van der Waals surface area (Å²) in [6.45, 7) is 7.92. The fourth-order valence-electron chi connectivity index (χ4n) is 5.76. The Hall–Kier alpha value is -4.10. The molecule has 1 aromatic heterocycles. The first-order valence-electron chi connectivity index (χ1n) is 14.7. The Kier molecular flexibility index (Phi) is 8.97. The van der Waals surface area contributed by atoms with Crippen LogP contribution in [0.5, 0.6) is 0 Å². The van der Waals surface area contributed by atoms with Gasteiger partial charge in [0.15, 0.2) is 0 Å². The number of rotatable bonds is 8. The maximum absolute atomic E-state index is 14.0. The Bertz CT molecular complexity index is 1520. The van der Waals surface area contributed by atoms with Crippen molar-refractivity contribution in [3.8, 4) is 11.1 Å². The van der Waals surface area contributed by atoms with Gasteiger partial charge in [0.25, 0.3) is 0 Å². The van der Waals surface area contributed by atoms with Crippen LogP contribution >= 0.6 is 0 Å². The van der Waals surface area contributed by atoms with Crippen LogP contribution in [-0.2, 0) is 20.8 Å². The van der Waals surface area contributed by atoms with Crippen molar-refractivity contribution in [1.29, 1.82) is 0 Å². The zero-order valence-corrected chi connectivity index (χ0v) is 25.0. The van der Waals surface area contributed by atoms with Gasteiger partial charge in [0.2, 0.25) is 5.91 Å². The van der Waals surface area contributed by atoms with E-state index >= 15 is 0 Å². The van der Waals surface area contributed by atoms with E-state index in [0.29, 0.717) is 19.6 Å². The predicted octanol–water partition coefficient (Wildman–Crippen LogP) is 7.32. The van der Waals surface area contributed by atoms with Gasteiger partial charge in [-0.15, -0.1) is 0 Å². The highest BCUT2D eigenvalue weighted by Crippen LogP contribution is 2.36. The highest BCUT2D eigenvalue weighted by Gasteiger charge is 2.38. The van der Waals surface area contributed by atoms with Crippen LogP contribution in [0.4, 0.5) is 10.5 Å². The molecule has 0 radical (unpaired) electrons. The summed E-state index contributed by atoms with van der Waals surface area (Å²) in [6.07, 6.45) is 3.26. The molecule has 2 heterocycles. The van der Waals surface area contributed by atoms with Crippen LogP contribution < -0.4 is 5.32 Å². The van der Waals surface area contributed by atoms with Gasteiger partial charge in [0, 0.05) is 45.2 Å². The van der Waals surface area contributed by atoms with Crippen LogP contribution in [0, 0.1) is 5.92 Å². The van der Waals surface area contributed by atoms with E-state index < -0.39 is 11.5 Å². The smallest absolute Gasteiger partial charge is 0.410 e. The van der Waals surface area contributed by atoms with Crippen LogP contribution in [0.2, 0.25) is 0 Å². The van der Waals surface area contributed by atoms with E-state index in [4.69, 9.17) is 9.47 Å². The van der Waals surface area contributed by atoms with Gasteiger partial charge in [0.1, 0.15) is 5.60 Å². The van der Waals surface area contributed by atoms with Crippen LogP contribution in [0.3, 0.4) is 0 Å². The maximum Gasteiger partial charge on any atom is 0.410 e. The summed E-state index contributed by atoms with van der Waals surface area (Å²) in [5.74, 6) is -0.592. The number of nitrogens with zero attached hydrogens (tertiary/aromatic N) is 2. The van der Waals surface area contributed by atoms with E-state index in [-0.39, 0.29) is 24.5 Å². The lowest BCUT2D eigenvalue weighted by Crippen LogP contribution is -2.48. The molecule has 1 aliphatic rings. The van der Waals surface area contributed by atoms with Crippen molar-refractivity contribution >= 4 is 28.6 Å². The van der Waals surface area contributed by atoms with E-state index in [1.807, 2.05) is 57.2 Å². The molecule has 2 amide bonds. The summed E-state index contributed by atoms with van der Waals surface area (Å²) in [5.41, 5.74) is 4.54. The molecule has 7 nitrogen and oxygen atoms in total. The molecule has 0 spiro atoms. The van der Waals surface area contributed by atoms with Gasteiger partial charge in [-0.25, -0.2) is 4.79 Å². The summed E-state index contributed by atoms with van der Waals surface area (Å²) >= 11 is 0. The normalized spacial score (nSPS) is 17.3. The number of benzene rings is 3. The Labute approximate surface area is 248 Å². The van der Waals surface area contributed by atoms with Crippen LogP contribution in [0.15, 0.2) is 85.1 Å². The number of amides is 2. The third kappa shape index (κ3) is 7.02. The molecule has 42 heavy (non-hydrogen) atoms. The number of carbonyl (C=O) groups is 2. The van der Waals surface area contributed by atoms with Crippen molar-refractivity contribution in [1.82, 2.24) is 9.47 Å². The minimum absolute atomic E-state index is 0.0472. The quantitative estimate of drug-likeness (QED) is 0.226. The molecule has 220 valence electrons. The van der Waals surface area contributed by atoms with E-state index in [0.717, 1.165) is 46.2 Å². The zero-order chi connectivity index (χ0) is 29.7. The number of aryl methyl sites for hydroxylation is 1. The van der Waals surface area contributed by atoms with Crippen molar-refractivity contribution in [2.24, 2.45) is 5.92 Å². The molecule has 3 aromatic carbocycles. The second kappa shape index (κ2) is 12.8. The maximum atomic E-state index is 14.0. The molecule has 4 aromatic rings. The molecule has 0 bridgehead atoms. The average molecular weight is 568 g/mol. The first-order valence-corrected chi connectivity index (χ1v) is 14.7. The predicted molar refractivity (Wildman–Crippen MR) is 168 cm³/mol. The topological polar surface area (TPSA) is 72.8 Å². The lowest BCUT2D eigenvalue weighted by atomic mass is 9.79. The fraction of sp³-hybridized carbons (Fsp3) is 0.371. The molecule has 1 aliphatic heterocycles. The molecule has 0 saturated carbocycles. The molecule has 2 atom stereocenters. The fourth-order valence-corrected chi connectivity index (χ4v) is 5.76. The van der Waals surface area contributed by atoms with Crippen molar-refractivity contribution in [2.45, 2.75) is 51.7 Å². The average Bonchev–Trinajstić information content (AvgIpc) is 3.38. The first kappa shape index (κ1) is 29.4. The number of ether oxygens (including phenoxy) is 2. The second-order valence-corrected chi connectivity index (χ2v) is 12.0. The van der Waals surface area contributed by atoms with Gasteiger partial charge < -0.3 is 24.3 Å². The summed E-state index contributed by atoms with van der Waals surface area (Å²) in [6, 6.07) is 26.8. The molecule has 5 rings (SSSR count). The van der Waals surface area contributed by atoms with E-state index in [1.165, 1.54) is 0 Å². The number of hydrogen-bond acceptors (Lipinski definition) is 4. The number of aromatic nitrogens is 1. The third-order valence-electron chi connectivity index (χ3n) is 7.81. The van der Waals surface area contributed by atoms with Gasteiger partial charge in [-0.1, -0.05) is 60.7 Å². The second-order valence-electron chi connectivity index (χ2n) is 12.0. The monoisotopic (exact) mass is 567 g/mol. The number of likely N-dealkylation sites (tertiary alicyclic amines) is 1. The number of anilines is 1. The zero-order valence-electron chi connectivity index (χ0n) is 25.0. The first-order chi connectivity index (χ1) is 20.2. The van der Waals surface area contributed by atoms with Crippen molar-refractivity contribution < 1.29 is 19.1 Å². The van der Waals surface area contributed by atoms with Crippen LogP contribution in [0.25, 0.3) is 22.0 Å². The number of hydrogen-bond donors (Lipinski definition) is 1. The largest absolute Gasteiger partial charge is 0.444 e. The third-order valence-corrected chi connectivity index (χ3v) is 7.81. The van der Waals surface area contributed by atoms with Crippen molar-refractivity contribution in [3.63, 3.8) is 0 Å². The Balaban J connectivity index is 1.41. The van der Waals surface area contributed by atoms with Crippen LogP contribution in [0.1, 0.15) is 45.1 Å². The molecule has 1 saturated heterocycles. The standard InChI is InChI=1S/C35H41N3O4/c1-35(2,3)42-34(40)38-20-17-30(28-13-8-12-27(22-28)25-10-6-5-7-11-25)31(24-38)33(39)36-29-15-14-26-16-19-37(32(26)23-29)18-9-21-41-4/h5-8,10-16,19,22-23,30-31H,9,17-18,20-21,24H2,1-4H3,(H,36,39)/t30-,31+/m1/s1. The van der Waals surface area contributed by atoms with Gasteiger partial charge in [0.05, 0.1) is 11.4 Å². The summed E-state index contributed by atoms with van der Waals surface area (Å²) in [4.78, 5) is 28.7. The minimum atomic E-state index is -0.608. The summed E-state index contributed by atoms with van der Waals surface area (Å²) in [7, 11) is 1.71. The molecule has 1 N–H and O–H groups in total. The summed E-state index contributed by atoms with van der Waals surface area (Å²) in [5, 5.41) is 4.31. The lowest BCUT2D eigenvalue weighted by molar-refractivity contribution is -0.122. The van der Waals surface area contributed by atoms with Crippen molar-refractivity contribution in [2.75, 3.05) is 32.1 Å². The molecule has 7 heteroatoms. The van der Waals surface area contributed by atoms with Crippen LogP contribution in [-0.4, -0.2) is 53.9 Å². The van der Waals surface area contributed by atoms with E-state index in [2.05, 4.69) is 58.5 Å². The van der Waals surface area contributed by atoms with E-state index in [1.54, 1.807) is 12.0 Å². The molecular formula is C35H41N3O4. The van der Waals surface area contributed by atoms with Gasteiger partial charge in [-0.05, 0) is 79.8 Å². The van der Waals surface area contributed by atoms with Gasteiger partial charge >= 0.3 is 6.09 Å². The van der Waals surface area contributed by atoms with Gasteiger partial charge in [-0.3, -0.25) is 4.79 Å². The number of methoxy groups -OCH3 is 1. The van der Waals surface area contributed by atoms with Crippen molar-refractivity contribution in [3.05, 3.63) is 90.6 Å². The lowest BCUT2D eigenvalue weighted by Gasteiger charge is -2.38. The minimum Gasteiger partial charge on any atom is -0.444 e. The molecule has 0 aliphatic carbocycles. The molecular weight excluding hydrogens is 526 g/mol. The number of carbonyl (C=O) groups excluding carboxylic acids is 2. The Morgan fingerprint density at radius 3 is 2.50 bits per heavy atom. The number of piperidine rings is 1. The van der Waals surface area contributed by atoms with Gasteiger partial charge in [-0.2, -0.15) is 0 Å². The SMILES string of the molecule is COCCCn1ccc2ccc(NC(=O)[C@H]3CN(C(=O)OC(C)(C)C)CC[C@@H]3c3cccc(-c4ccccc4)c3)cc21. The number of nitrogens with one attached hydrogen (secondary N) is 1. The Morgan fingerprint density at radius 2 is 1.74 bits per heavy atom. The highest BCUT2D eigenvalue weighted by molar-refractivity contribution is 5.96. The van der Waals surface area contributed by atoms with E-state index in [9.17, 15) is 9.59 Å². The summed E-state index contributed by atoms with van der Waals surface area (Å²) < 4.78 is 13.1. The number of fused-ring (bicyclic) bond motifs is 1. The highest BCUT2D eigenvalue weighted by atomic mass is 16.6. The Morgan fingerprint density at radius 1 is 0.952 bits per heavy atom. The molecule has 1 fully saturated rings. The molecule has 0 unspecified atom stereocenters.